The van der Waals surface area contributed by atoms with Crippen molar-refractivity contribution >= 4 is 44.7 Å². The highest BCUT2D eigenvalue weighted by Gasteiger charge is 2.28. The Bertz CT molecular complexity index is 2060. The number of carbonyl (C=O) groups excluding carboxylic acids is 2. The number of rotatable bonds is 9. The Morgan fingerprint density at radius 2 is 1.56 bits per heavy atom. The van der Waals surface area contributed by atoms with Crippen LogP contribution in [-0.2, 0) is 11.2 Å². The van der Waals surface area contributed by atoms with Gasteiger partial charge in [-0.25, -0.2) is 9.59 Å². The first-order valence-corrected chi connectivity index (χ1v) is 16.0. The Labute approximate surface area is 282 Å². The molecule has 12 heteroatoms. The van der Waals surface area contributed by atoms with Crippen LogP contribution in [0.4, 0.5) is 0 Å². The first kappa shape index (κ1) is 31.1. The molecular formula is C36H29BrN2O9. The van der Waals surface area contributed by atoms with Crippen LogP contribution in [0.15, 0.2) is 83.5 Å². The summed E-state index contributed by atoms with van der Waals surface area (Å²) in [5, 5.41) is 13.6. The average molecular weight is 714 g/mol. The molecule has 3 heterocycles. The van der Waals surface area contributed by atoms with Gasteiger partial charge in [0.15, 0.2) is 23.0 Å². The van der Waals surface area contributed by atoms with Gasteiger partial charge in [-0.3, -0.25) is 4.79 Å². The number of halogens is 1. The van der Waals surface area contributed by atoms with Gasteiger partial charge in [0.2, 0.25) is 0 Å². The smallest absolute Gasteiger partial charge is 0.342 e. The summed E-state index contributed by atoms with van der Waals surface area (Å²) < 4.78 is 29.6. The summed E-state index contributed by atoms with van der Waals surface area (Å²) in [7, 11) is 0. The molecule has 7 rings (SSSR count). The highest BCUT2D eigenvalue weighted by molar-refractivity contribution is 9.10. The molecule has 48 heavy (non-hydrogen) atoms. The van der Waals surface area contributed by atoms with Crippen LogP contribution >= 0.6 is 15.9 Å². The van der Waals surface area contributed by atoms with Gasteiger partial charge < -0.3 is 39.1 Å². The van der Waals surface area contributed by atoms with E-state index in [1.54, 1.807) is 36.4 Å². The fourth-order valence-corrected chi connectivity index (χ4v) is 6.26. The highest BCUT2D eigenvalue weighted by Crippen LogP contribution is 2.39. The predicted molar refractivity (Wildman–Crippen MR) is 178 cm³/mol. The highest BCUT2D eigenvalue weighted by atomic mass is 79.9. The molecule has 1 atom stereocenters. The number of carbonyl (C=O) groups is 3. The van der Waals surface area contributed by atoms with Gasteiger partial charge in [-0.15, -0.1) is 0 Å². The summed E-state index contributed by atoms with van der Waals surface area (Å²) in [6.45, 7) is 1.04. The number of carboxylic acid groups (broad SMARTS) is 1. The van der Waals surface area contributed by atoms with E-state index in [9.17, 15) is 19.5 Å². The minimum Gasteiger partial charge on any atom is -0.486 e. The maximum absolute atomic E-state index is 14.1. The van der Waals surface area contributed by atoms with Gasteiger partial charge in [0.25, 0.3) is 5.91 Å². The number of para-hydroxylation sites is 1. The third-order valence-corrected chi connectivity index (χ3v) is 8.51. The summed E-state index contributed by atoms with van der Waals surface area (Å²) in [4.78, 5) is 42.4. The minimum absolute atomic E-state index is 0.109. The maximum Gasteiger partial charge on any atom is 0.342 e. The summed E-state index contributed by atoms with van der Waals surface area (Å²) in [5.41, 5.74) is 3.53. The van der Waals surface area contributed by atoms with Crippen molar-refractivity contribution < 1.29 is 43.2 Å². The largest absolute Gasteiger partial charge is 0.486 e. The van der Waals surface area contributed by atoms with E-state index >= 15 is 0 Å². The van der Waals surface area contributed by atoms with E-state index in [0.29, 0.717) is 59.1 Å². The van der Waals surface area contributed by atoms with E-state index in [1.807, 2.05) is 30.5 Å². The number of nitrogens with one attached hydrogen (secondary N) is 2. The lowest BCUT2D eigenvalue weighted by Gasteiger charge is -2.24. The molecule has 0 bridgehead atoms. The molecule has 1 aromatic heterocycles. The second-order valence-corrected chi connectivity index (χ2v) is 12.2. The minimum atomic E-state index is -1.07. The molecule has 4 aromatic carbocycles. The lowest BCUT2D eigenvalue weighted by atomic mass is 9.98. The number of aromatic amines is 1. The predicted octanol–water partition coefficient (Wildman–Crippen LogP) is 6.04. The van der Waals surface area contributed by atoms with Crippen LogP contribution in [0.25, 0.3) is 22.0 Å². The lowest BCUT2D eigenvalue weighted by Crippen LogP contribution is -2.40. The quantitative estimate of drug-likeness (QED) is 0.156. The van der Waals surface area contributed by atoms with Crippen molar-refractivity contribution in [3.05, 3.63) is 106 Å². The van der Waals surface area contributed by atoms with Crippen LogP contribution in [0.3, 0.4) is 0 Å². The molecule has 0 fully saturated rings. The molecular weight excluding hydrogens is 684 g/mol. The number of fused-ring (bicyclic) bond motifs is 3. The van der Waals surface area contributed by atoms with E-state index in [2.05, 4.69) is 26.2 Å². The number of hydrogen-bond donors (Lipinski definition) is 3. The molecule has 0 unspecified atom stereocenters. The number of esters is 1. The average Bonchev–Trinajstić information content (AvgIpc) is 3.52. The van der Waals surface area contributed by atoms with Crippen LogP contribution in [0.2, 0.25) is 0 Å². The van der Waals surface area contributed by atoms with Crippen LogP contribution in [0, 0.1) is 0 Å². The number of ether oxygens (including phenoxy) is 5. The molecule has 5 aromatic rings. The number of aromatic carboxylic acids is 1. The first-order chi connectivity index (χ1) is 23.3. The van der Waals surface area contributed by atoms with E-state index in [1.165, 1.54) is 12.1 Å². The molecule has 3 N–H and O–H groups in total. The molecule has 1 amide bonds. The van der Waals surface area contributed by atoms with Crippen LogP contribution in [-0.4, -0.2) is 67.0 Å². The third-order valence-electron chi connectivity index (χ3n) is 8.05. The standard InChI is InChI=1S/C36H29BrN2O9/c37-24-16-28(33-31(17-24)45-9-11-47-33)36(43)48-19-25(13-23-18-38-29-7-2-1-6-26(23)29)39-34(40)27-14-22(15-30-32(27)46-10-8-44-30)20-4-3-5-21(12-20)35(41)42/h1-7,12,14-18,25,38H,8-11,13,19H2,(H,39,40)(H,41,42)/t25-/m1/s1. The van der Waals surface area contributed by atoms with Crippen LogP contribution < -0.4 is 24.3 Å². The number of aromatic nitrogens is 1. The fourth-order valence-electron chi connectivity index (χ4n) is 5.83. The maximum atomic E-state index is 14.1. The normalized spacial score (nSPS) is 13.9. The zero-order chi connectivity index (χ0) is 33.2. The van der Waals surface area contributed by atoms with Gasteiger partial charge in [0, 0.05) is 21.6 Å². The Morgan fingerprint density at radius 3 is 2.35 bits per heavy atom. The summed E-state index contributed by atoms with van der Waals surface area (Å²) in [5.74, 6) is -0.796. The molecule has 0 spiro atoms. The SMILES string of the molecule is O=C(O)c1cccc(-c2cc3c(c(C(=O)N[C@@H](COC(=O)c4cc(Br)cc5c4OCCO5)Cc4c[nH]c5ccccc45)c2)OCCO3)c1. The molecule has 2 aliphatic heterocycles. The second kappa shape index (κ2) is 13.3. The number of H-pyrrole nitrogens is 1. The molecule has 2 aliphatic rings. The van der Waals surface area contributed by atoms with E-state index < -0.39 is 23.9 Å². The van der Waals surface area contributed by atoms with Crippen molar-refractivity contribution in [1.29, 1.82) is 0 Å². The van der Waals surface area contributed by atoms with Gasteiger partial charge in [-0.05, 0) is 65.6 Å². The number of hydrogen-bond acceptors (Lipinski definition) is 8. The Balaban J connectivity index is 1.20. The van der Waals surface area contributed by atoms with Gasteiger partial charge in [0.05, 0.1) is 17.2 Å². The molecule has 0 radical (unpaired) electrons. The van der Waals surface area contributed by atoms with Crippen LogP contribution in [0.5, 0.6) is 23.0 Å². The van der Waals surface area contributed by atoms with Gasteiger partial charge in [-0.1, -0.05) is 46.3 Å². The lowest BCUT2D eigenvalue weighted by molar-refractivity contribution is 0.0446. The summed E-state index contributed by atoms with van der Waals surface area (Å²) in [6, 6.07) is 20.3. The zero-order valence-electron chi connectivity index (χ0n) is 25.4. The van der Waals surface area contributed by atoms with Gasteiger partial charge in [0.1, 0.15) is 38.6 Å². The third kappa shape index (κ3) is 6.39. The fraction of sp³-hybridized carbons (Fsp3) is 0.194. The Hall–Kier alpha value is -5.49. The molecule has 0 saturated heterocycles. The monoisotopic (exact) mass is 712 g/mol. The van der Waals surface area contributed by atoms with Crippen molar-refractivity contribution in [2.75, 3.05) is 33.0 Å². The molecule has 0 saturated carbocycles. The first-order valence-electron chi connectivity index (χ1n) is 15.2. The van der Waals surface area contributed by atoms with E-state index in [4.69, 9.17) is 23.7 Å². The Kier molecular flexibility index (Phi) is 8.64. The summed E-state index contributed by atoms with van der Waals surface area (Å²) in [6.07, 6.45) is 2.20. The van der Waals surface area contributed by atoms with E-state index in [-0.39, 0.29) is 35.7 Å². The zero-order valence-corrected chi connectivity index (χ0v) is 27.0. The van der Waals surface area contributed by atoms with Crippen molar-refractivity contribution in [3.63, 3.8) is 0 Å². The molecule has 0 aliphatic carbocycles. The number of benzene rings is 4. The van der Waals surface area contributed by atoms with Crippen molar-refractivity contribution in [3.8, 4) is 34.1 Å². The summed E-state index contributed by atoms with van der Waals surface area (Å²) >= 11 is 3.42. The van der Waals surface area contributed by atoms with Crippen molar-refractivity contribution in [1.82, 2.24) is 10.3 Å². The number of carboxylic acids is 1. The molecule has 11 nitrogen and oxygen atoms in total. The molecule has 244 valence electrons. The Morgan fingerprint density at radius 1 is 0.833 bits per heavy atom. The van der Waals surface area contributed by atoms with Crippen molar-refractivity contribution in [2.24, 2.45) is 0 Å². The van der Waals surface area contributed by atoms with Gasteiger partial charge >= 0.3 is 11.9 Å². The van der Waals surface area contributed by atoms with Crippen molar-refractivity contribution in [2.45, 2.75) is 12.5 Å². The van der Waals surface area contributed by atoms with Gasteiger partial charge in [-0.2, -0.15) is 0 Å². The van der Waals surface area contributed by atoms with Crippen LogP contribution in [0.1, 0.15) is 36.6 Å². The van der Waals surface area contributed by atoms with E-state index in [0.717, 1.165) is 16.5 Å². The topological polar surface area (TPSA) is 145 Å². The second-order valence-electron chi connectivity index (χ2n) is 11.2. The number of amides is 1.